The van der Waals surface area contributed by atoms with E-state index in [1.807, 2.05) is 12.1 Å². The minimum Gasteiger partial charge on any atom is -0.244 e. The van der Waals surface area contributed by atoms with Crippen molar-refractivity contribution in [1.29, 1.82) is 0 Å². The summed E-state index contributed by atoms with van der Waals surface area (Å²) in [6.45, 7) is 0. The van der Waals surface area contributed by atoms with Crippen LogP contribution in [0.15, 0.2) is 18.3 Å². The zero-order chi connectivity index (χ0) is 6.97. The molecule has 2 aromatic rings. The number of hydrogen-bond acceptors (Lipinski definition) is 4. The molecule has 0 aliphatic rings. The minimum absolute atomic E-state index is 0.953. The van der Waals surface area contributed by atoms with E-state index in [0.717, 1.165) is 7.97 Å². The Morgan fingerprint density at radius 3 is 3.10 bits per heavy atom. The van der Waals surface area contributed by atoms with E-state index in [1.165, 1.54) is 4.70 Å². The van der Waals surface area contributed by atoms with Gasteiger partial charge in [-0.05, 0) is 12.1 Å². The van der Waals surface area contributed by atoms with Gasteiger partial charge in [0.2, 0.25) is 0 Å². The number of aromatic nitrogens is 1. The Kier molecular flexibility index (Phi) is 1.52. The highest BCUT2D eigenvalue weighted by Gasteiger charge is 1.94. The van der Waals surface area contributed by atoms with Gasteiger partial charge >= 0.3 is 0 Å². The topological polar surface area (TPSA) is 12.9 Å². The number of nitrogens with zero attached hydrogens (tertiary/aromatic N) is 1. The van der Waals surface area contributed by atoms with Gasteiger partial charge in [0.15, 0.2) is 0 Å². The summed E-state index contributed by atoms with van der Waals surface area (Å²) in [5.74, 6) is 0. The summed E-state index contributed by atoms with van der Waals surface area (Å²) in [6.07, 6.45) is 1.79. The molecule has 0 aromatic carbocycles. The summed E-state index contributed by atoms with van der Waals surface area (Å²) in [5, 5.41) is 0. The molecule has 4 heteroatoms. The third kappa shape index (κ3) is 0.982. The van der Waals surface area contributed by atoms with Gasteiger partial charge in [0.1, 0.15) is 7.97 Å². The normalized spacial score (nSPS) is 10.4. The van der Waals surface area contributed by atoms with E-state index in [2.05, 4.69) is 4.98 Å². The molecule has 1 nitrogen and oxygen atoms in total. The molecule has 0 amide bonds. The van der Waals surface area contributed by atoms with Crippen molar-refractivity contribution in [3.8, 4) is 0 Å². The smallest absolute Gasteiger partial charge is 0.146 e. The molecule has 2 rings (SSSR count). The van der Waals surface area contributed by atoms with Gasteiger partial charge in [0.25, 0.3) is 0 Å². The fourth-order valence-electron chi connectivity index (χ4n) is 0.720. The van der Waals surface area contributed by atoms with E-state index in [4.69, 9.17) is 12.2 Å². The molecule has 0 atom stereocenters. The maximum Gasteiger partial charge on any atom is 0.146 e. The largest absolute Gasteiger partial charge is 0.244 e. The zero-order valence-electron chi connectivity index (χ0n) is 4.90. The van der Waals surface area contributed by atoms with Gasteiger partial charge in [0.05, 0.1) is 4.70 Å². The van der Waals surface area contributed by atoms with Crippen LogP contribution in [0, 0.1) is 3.14 Å². The maximum atomic E-state index is 5.01. The lowest BCUT2D eigenvalue weighted by molar-refractivity contribution is 1.45. The van der Waals surface area contributed by atoms with Crippen molar-refractivity contribution in [3.63, 3.8) is 0 Å². The summed E-state index contributed by atoms with van der Waals surface area (Å²) < 4.78 is 2.14. The van der Waals surface area contributed by atoms with Crippen molar-refractivity contribution in [3.05, 3.63) is 21.5 Å². The molecule has 0 unspecified atom stereocenters. The number of rotatable bonds is 0. The molecule has 0 saturated heterocycles. The molecular formula is C6H3NS3. The quantitative estimate of drug-likeness (QED) is 0.585. The average Bonchev–Trinajstić information content (AvgIpc) is 2.27. The second kappa shape index (κ2) is 2.38. The maximum absolute atomic E-state index is 5.01. The lowest BCUT2D eigenvalue weighted by atomic mass is 10.5. The lowest BCUT2D eigenvalue weighted by Gasteiger charge is -1.80. The predicted molar refractivity (Wildman–Crippen MR) is 48.3 cm³/mol. The fraction of sp³-hybridized carbons (Fsp3) is 0. The van der Waals surface area contributed by atoms with Crippen LogP contribution in [0.4, 0.5) is 0 Å². The van der Waals surface area contributed by atoms with Crippen molar-refractivity contribution in [1.82, 2.24) is 4.98 Å². The van der Waals surface area contributed by atoms with Crippen LogP contribution in [0.5, 0.6) is 0 Å². The second-order valence-corrected chi connectivity index (χ2v) is 5.00. The highest BCUT2D eigenvalue weighted by molar-refractivity contribution is 7.77. The summed E-state index contributed by atoms with van der Waals surface area (Å²) in [6, 6.07) is 3.97. The van der Waals surface area contributed by atoms with Crippen LogP contribution in [-0.2, 0) is 0 Å². The van der Waals surface area contributed by atoms with E-state index >= 15 is 0 Å². The van der Waals surface area contributed by atoms with Gasteiger partial charge in [-0.2, -0.15) is 0 Å². The average molecular weight is 185 g/mol. The zero-order valence-corrected chi connectivity index (χ0v) is 7.35. The van der Waals surface area contributed by atoms with Crippen LogP contribution in [0.25, 0.3) is 9.53 Å². The first-order valence-electron chi connectivity index (χ1n) is 2.71. The van der Waals surface area contributed by atoms with Gasteiger partial charge in [-0.25, -0.2) is 4.98 Å². The molecule has 0 N–H and O–H groups in total. The number of pyridine rings is 1. The molecule has 0 fully saturated rings. The standard InChI is InChI=1S/C6H3NS3/c8-6-9-4-2-1-3-7-5(4)10-6/h1-3H. The van der Waals surface area contributed by atoms with E-state index < -0.39 is 0 Å². The van der Waals surface area contributed by atoms with Crippen molar-refractivity contribution < 1.29 is 0 Å². The highest BCUT2D eigenvalue weighted by Crippen LogP contribution is 2.24. The number of fused-ring (bicyclic) bond motifs is 1. The molecule has 10 heavy (non-hydrogen) atoms. The molecule has 0 aliphatic carbocycles. The van der Waals surface area contributed by atoms with Gasteiger partial charge in [-0.3, -0.25) is 0 Å². The summed E-state index contributed by atoms with van der Waals surface area (Å²) in [7, 11) is 0. The van der Waals surface area contributed by atoms with Crippen molar-refractivity contribution >= 4 is 44.4 Å². The summed E-state index contributed by atoms with van der Waals surface area (Å²) in [5.41, 5.74) is 0. The first kappa shape index (κ1) is 6.39. The molecule has 2 aromatic heterocycles. The predicted octanol–water partition coefficient (Wildman–Crippen LogP) is 3.09. The molecule has 0 aliphatic heterocycles. The molecule has 2 heterocycles. The SMILES string of the molecule is S=c1sc2cccnc2s1. The molecule has 0 bridgehead atoms. The van der Waals surface area contributed by atoms with Gasteiger partial charge < -0.3 is 0 Å². The summed E-state index contributed by atoms with van der Waals surface area (Å²) in [4.78, 5) is 5.22. The van der Waals surface area contributed by atoms with Crippen LogP contribution in [0.2, 0.25) is 0 Å². The molecule has 50 valence electrons. The van der Waals surface area contributed by atoms with Crippen LogP contribution in [0.1, 0.15) is 0 Å². The first-order chi connectivity index (χ1) is 4.86. The van der Waals surface area contributed by atoms with Gasteiger partial charge in [-0.1, -0.05) is 23.6 Å². The van der Waals surface area contributed by atoms with Crippen LogP contribution in [-0.4, -0.2) is 4.98 Å². The lowest BCUT2D eigenvalue weighted by Crippen LogP contribution is -1.63. The fourth-order valence-corrected chi connectivity index (χ4v) is 3.06. The van der Waals surface area contributed by atoms with Crippen molar-refractivity contribution in [2.75, 3.05) is 0 Å². The molecular weight excluding hydrogens is 182 g/mol. The first-order valence-corrected chi connectivity index (χ1v) is 4.75. The molecule has 0 spiro atoms. The van der Waals surface area contributed by atoms with E-state index in [0.29, 0.717) is 0 Å². The van der Waals surface area contributed by atoms with Crippen LogP contribution >= 0.6 is 34.9 Å². The molecule has 0 saturated carbocycles. The van der Waals surface area contributed by atoms with Crippen LogP contribution in [0.3, 0.4) is 0 Å². The monoisotopic (exact) mass is 185 g/mol. The van der Waals surface area contributed by atoms with E-state index in [-0.39, 0.29) is 0 Å². The Labute approximate surface area is 71.0 Å². The summed E-state index contributed by atoms with van der Waals surface area (Å²) >= 11 is 8.21. The van der Waals surface area contributed by atoms with Crippen molar-refractivity contribution in [2.45, 2.75) is 0 Å². The molecule has 0 radical (unpaired) electrons. The van der Waals surface area contributed by atoms with E-state index in [9.17, 15) is 0 Å². The van der Waals surface area contributed by atoms with E-state index in [1.54, 1.807) is 28.9 Å². The Hall–Kier alpha value is -0.320. The Bertz CT molecular complexity index is 364. The van der Waals surface area contributed by atoms with Crippen molar-refractivity contribution in [2.24, 2.45) is 0 Å². The third-order valence-corrected chi connectivity index (χ3v) is 3.64. The minimum atomic E-state index is 0.953. The van der Waals surface area contributed by atoms with Crippen LogP contribution < -0.4 is 0 Å². The number of hydrogen-bond donors (Lipinski definition) is 0. The Morgan fingerprint density at radius 1 is 1.40 bits per heavy atom. The Balaban J connectivity index is 3.01. The van der Waals surface area contributed by atoms with Gasteiger partial charge in [-0.15, -0.1) is 11.3 Å². The highest BCUT2D eigenvalue weighted by atomic mass is 32.2. The van der Waals surface area contributed by atoms with Gasteiger partial charge in [0, 0.05) is 6.20 Å². The third-order valence-electron chi connectivity index (χ3n) is 1.11. The second-order valence-electron chi connectivity index (χ2n) is 1.76. The Morgan fingerprint density at radius 2 is 2.30 bits per heavy atom.